The highest BCUT2D eigenvalue weighted by atomic mass is 16.2. The van der Waals surface area contributed by atoms with Crippen LogP contribution in [0.15, 0.2) is 33.9 Å². The van der Waals surface area contributed by atoms with Crippen molar-refractivity contribution in [1.29, 1.82) is 0 Å². The first-order valence-electron chi connectivity index (χ1n) is 10.6. The van der Waals surface area contributed by atoms with Crippen LogP contribution in [0.1, 0.15) is 49.8 Å². The van der Waals surface area contributed by atoms with E-state index in [-0.39, 0.29) is 18.5 Å². The third-order valence-corrected chi connectivity index (χ3v) is 6.19. The summed E-state index contributed by atoms with van der Waals surface area (Å²) >= 11 is 0. The van der Waals surface area contributed by atoms with Gasteiger partial charge in [0.1, 0.15) is 12.4 Å². The fraction of sp³-hybridized carbons (Fsp3) is 0.476. The fourth-order valence-corrected chi connectivity index (χ4v) is 4.66. The fourth-order valence-electron chi connectivity index (χ4n) is 4.66. The molecule has 2 aliphatic rings. The number of rotatable bonds is 3. The van der Waals surface area contributed by atoms with E-state index in [9.17, 15) is 14.4 Å². The Hall–Kier alpha value is -3.23. The molecule has 0 aliphatic carbocycles. The average molecular weight is 408 g/mol. The molecule has 5 rings (SSSR count). The van der Waals surface area contributed by atoms with E-state index >= 15 is 0 Å². The van der Waals surface area contributed by atoms with Crippen molar-refractivity contribution >= 4 is 16.8 Å². The molecule has 9 heteroatoms. The lowest BCUT2D eigenvalue weighted by Gasteiger charge is -2.25. The van der Waals surface area contributed by atoms with Gasteiger partial charge in [0.25, 0.3) is 5.56 Å². The first-order chi connectivity index (χ1) is 14.6. The van der Waals surface area contributed by atoms with Crippen LogP contribution in [-0.2, 0) is 24.3 Å². The van der Waals surface area contributed by atoms with Crippen LogP contribution in [0.2, 0.25) is 0 Å². The molecule has 1 N–H and O–H groups in total. The highest BCUT2D eigenvalue weighted by Gasteiger charge is 2.34. The van der Waals surface area contributed by atoms with Gasteiger partial charge in [-0.25, -0.2) is 4.79 Å². The number of nitrogens with zero attached hydrogens (tertiary/aromatic N) is 5. The number of aromatic nitrogens is 5. The lowest BCUT2D eigenvalue weighted by Crippen LogP contribution is -2.42. The third kappa shape index (κ3) is 3.14. The Morgan fingerprint density at radius 2 is 1.93 bits per heavy atom. The molecule has 0 radical (unpaired) electrons. The van der Waals surface area contributed by atoms with Crippen molar-refractivity contribution in [3.05, 3.63) is 56.8 Å². The lowest BCUT2D eigenvalue weighted by molar-refractivity contribution is -0.133. The first kappa shape index (κ1) is 18.8. The number of benzene rings is 1. The smallest absolute Gasteiger partial charge is 0.329 e. The topological polar surface area (TPSA) is 106 Å². The molecule has 3 aromatic rings. The van der Waals surface area contributed by atoms with Gasteiger partial charge < -0.3 is 14.5 Å². The molecule has 4 heterocycles. The maximum Gasteiger partial charge on any atom is 0.329 e. The van der Waals surface area contributed by atoms with Crippen molar-refractivity contribution in [3.8, 4) is 0 Å². The second kappa shape index (κ2) is 7.55. The zero-order valence-electron chi connectivity index (χ0n) is 16.7. The van der Waals surface area contributed by atoms with Crippen molar-refractivity contribution in [1.82, 2.24) is 29.2 Å². The Balaban J connectivity index is 1.44. The number of aromatic amines is 1. The third-order valence-electron chi connectivity index (χ3n) is 6.19. The Morgan fingerprint density at radius 3 is 2.83 bits per heavy atom. The van der Waals surface area contributed by atoms with Crippen LogP contribution in [0.4, 0.5) is 0 Å². The summed E-state index contributed by atoms with van der Waals surface area (Å²) in [5.74, 6) is 1.58. The van der Waals surface area contributed by atoms with E-state index in [0.29, 0.717) is 17.4 Å². The number of aryl methyl sites for hydroxylation is 1. The molecular formula is C21H24N6O3. The predicted molar refractivity (Wildman–Crippen MR) is 110 cm³/mol. The van der Waals surface area contributed by atoms with E-state index < -0.39 is 11.2 Å². The highest BCUT2D eigenvalue weighted by molar-refractivity contribution is 5.79. The summed E-state index contributed by atoms with van der Waals surface area (Å²) < 4.78 is 3.16. The summed E-state index contributed by atoms with van der Waals surface area (Å²) in [7, 11) is 0. The van der Waals surface area contributed by atoms with E-state index in [1.807, 2.05) is 0 Å². The van der Waals surface area contributed by atoms with Gasteiger partial charge in [-0.3, -0.25) is 14.2 Å². The van der Waals surface area contributed by atoms with Crippen LogP contribution in [0, 0.1) is 0 Å². The summed E-state index contributed by atoms with van der Waals surface area (Å²) in [6.45, 7) is 1.18. The van der Waals surface area contributed by atoms with Crippen molar-refractivity contribution < 1.29 is 4.79 Å². The van der Waals surface area contributed by atoms with Crippen LogP contribution in [-0.4, -0.2) is 41.7 Å². The Morgan fingerprint density at radius 1 is 1.07 bits per heavy atom. The summed E-state index contributed by atoms with van der Waals surface area (Å²) in [5.41, 5.74) is -0.546. The Kier molecular flexibility index (Phi) is 4.72. The first-order valence-corrected chi connectivity index (χ1v) is 10.6. The summed E-state index contributed by atoms with van der Waals surface area (Å²) in [6.07, 6.45) is 5.95. The monoisotopic (exact) mass is 408 g/mol. The number of H-pyrrole nitrogens is 1. The maximum atomic E-state index is 13.2. The Labute approximate surface area is 172 Å². The summed E-state index contributed by atoms with van der Waals surface area (Å²) in [5, 5.41) is 9.18. The van der Waals surface area contributed by atoms with Crippen molar-refractivity contribution in [2.75, 3.05) is 6.54 Å². The molecule has 1 saturated heterocycles. The molecule has 30 heavy (non-hydrogen) atoms. The number of hydrogen-bond acceptors (Lipinski definition) is 5. The number of fused-ring (bicyclic) bond motifs is 2. The summed E-state index contributed by atoms with van der Waals surface area (Å²) in [4.78, 5) is 42.8. The number of likely N-dealkylation sites (tertiary alicyclic amines) is 1. The number of amides is 1. The minimum atomic E-state index is -0.570. The SMILES string of the molecule is O=C(Cn1c(=O)[nH]c2ccccc2c1=O)N1CCCC1c1nnc2n1CCCCC2. The highest BCUT2D eigenvalue weighted by Crippen LogP contribution is 2.32. The molecule has 0 bridgehead atoms. The Bertz CT molecular complexity index is 1220. The largest absolute Gasteiger partial charge is 0.331 e. The molecule has 1 amide bonds. The second-order valence-electron chi connectivity index (χ2n) is 8.05. The molecule has 1 atom stereocenters. The van der Waals surface area contributed by atoms with Gasteiger partial charge in [0.15, 0.2) is 5.82 Å². The van der Waals surface area contributed by atoms with Gasteiger partial charge >= 0.3 is 5.69 Å². The molecular weight excluding hydrogens is 384 g/mol. The lowest BCUT2D eigenvalue weighted by atomic mass is 10.2. The van der Waals surface area contributed by atoms with Crippen LogP contribution in [0.25, 0.3) is 10.9 Å². The molecule has 0 saturated carbocycles. The van der Waals surface area contributed by atoms with Gasteiger partial charge in [-0.15, -0.1) is 10.2 Å². The van der Waals surface area contributed by atoms with Crippen molar-refractivity contribution in [3.63, 3.8) is 0 Å². The average Bonchev–Trinajstić information content (AvgIpc) is 3.32. The molecule has 1 aromatic carbocycles. The van der Waals surface area contributed by atoms with Gasteiger partial charge in [0, 0.05) is 19.5 Å². The quantitative estimate of drug-likeness (QED) is 0.705. The zero-order valence-corrected chi connectivity index (χ0v) is 16.7. The number of para-hydroxylation sites is 1. The van der Waals surface area contributed by atoms with E-state index in [4.69, 9.17) is 0 Å². The number of nitrogens with one attached hydrogen (secondary N) is 1. The second-order valence-corrected chi connectivity index (χ2v) is 8.05. The van der Waals surface area contributed by atoms with Crippen LogP contribution >= 0.6 is 0 Å². The zero-order chi connectivity index (χ0) is 20.7. The molecule has 2 aliphatic heterocycles. The van der Waals surface area contributed by atoms with Gasteiger partial charge in [0.2, 0.25) is 5.91 Å². The van der Waals surface area contributed by atoms with Gasteiger partial charge in [0.05, 0.1) is 16.9 Å². The molecule has 2 aromatic heterocycles. The molecule has 9 nitrogen and oxygen atoms in total. The van der Waals surface area contributed by atoms with Gasteiger partial charge in [-0.1, -0.05) is 18.6 Å². The van der Waals surface area contributed by atoms with Crippen LogP contribution in [0.5, 0.6) is 0 Å². The van der Waals surface area contributed by atoms with Crippen LogP contribution < -0.4 is 11.2 Å². The minimum Gasteiger partial charge on any atom is -0.331 e. The van der Waals surface area contributed by atoms with Gasteiger partial charge in [-0.05, 0) is 37.8 Å². The predicted octanol–water partition coefficient (Wildman–Crippen LogP) is 1.37. The van der Waals surface area contributed by atoms with E-state index in [1.54, 1.807) is 29.2 Å². The number of carbonyl (C=O) groups is 1. The number of carbonyl (C=O) groups excluding carboxylic acids is 1. The standard InChI is InChI=1S/C21H24N6O3/c28-18(13-27-20(29)14-7-3-4-8-15(14)22-21(27)30)25-12-6-9-16(25)19-24-23-17-10-2-1-5-11-26(17)19/h3-4,7-8,16H,1-2,5-6,9-13H2,(H,22,30). The summed E-state index contributed by atoms with van der Waals surface area (Å²) in [6, 6.07) is 6.66. The van der Waals surface area contributed by atoms with Crippen molar-refractivity contribution in [2.24, 2.45) is 0 Å². The maximum absolute atomic E-state index is 13.2. The number of hydrogen-bond donors (Lipinski definition) is 1. The van der Waals surface area contributed by atoms with Crippen molar-refractivity contribution in [2.45, 2.75) is 57.7 Å². The molecule has 0 spiro atoms. The molecule has 1 unspecified atom stereocenters. The minimum absolute atomic E-state index is 0.160. The normalized spacial score (nSPS) is 19.1. The van der Waals surface area contributed by atoms with E-state index in [0.717, 1.165) is 54.9 Å². The van der Waals surface area contributed by atoms with Crippen LogP contribution in [0.3, 0.4) is 0 Å². The molecule has 156 valence electrons. The van der Waals surface area contributed by atoms with E-state index in [2.05, 4.69) is 19.7 Å². The molecule has 1 fully saturated rings. The van der Waals surface area contributed by atoms with E-state index in [1.165, 1.54) is 6.42 Å². The van der Waals surface area contributed by atoms with Gasteiger partial charge in [-0.2, -0.15) is 0 Å².